The highest BCUT2D eigenvalue weighted by atomic mass is 14.9. The fourth-order valence-corrected chi connectivity index (χ4v) is 1.40. The molecule has 0 fully saturated rings. The lowest BCUT2D eigenvalue weighted by Crippen LogP contribution is -2.05. The Balaban J connectivity index is 2.49. The van der Waals surface area contributed by atoms with Crippen molar-refractivity contribution >= 4 is 5.69 Å². The molecule has 3 nitrogen and oxygen atoms in total. The number of unbranched alkanes of at least 4 members (excludes halogenated alkanes) is 1. The summed E-state index contributed by atoms with van der Waals surface area (Å²) in [7, 11) is 0. The van der Waals surface area contributed by atoms with Gasteiger partial charge in [-0.2, -0.15) is 5.26 Å². The minimum absolute atomic E-state index is 0.738. The van der Waals surface area contributed by atoms with E-state index in [1.54, 1.807) is 0 Å². The van der Waals surface area contributed by atoms with Crippen molar-refractivity contribution in [3.05, 3.63) is 29.3 Å². The quantitative estimate of drug-likeness (QED) is 0.720. The van der Waals surface area contributed by atoms with Crippen LogP contribution in [0.3, 0.4) is 0 Å². The summed E-state index contributed by atoms with van der Waals surface area (Å²) in [4.78, 5) is 0. The molecular weight excluding hydrogens is 186 g/mol. The molecule has 1 aromatic rings. The first-order chi connectivity index (χ1) is 7.27. The van der Waals surface area contributed by atoms with Gasteiger partial charge in [-0.15, -0.1) is 0 Å². The second-order valence-corrected chi connectivity index (χ2v) is 3.56. The molecule has 0 saturated heterocycles. The molecule has 3 heteroatoms. The molecule has 0 aliphatic carbocycles. The van der Waals surface area contributed by atoms with Crippen LogP contribution >= 0.6 is 0 Å². The fraction of sp³-hybridized carbons (Fsp3) is 0.417. The molecule has 1 aromatic carbocycles. The number of rotatable bonds is 5. The van der Waals surface area contributed by atoms with Crippen LogP contribution in [0.1, 0.15) is 24.0 Å². The summed E-state index contributed by atoms with van der Waals surface area (Å²) in [5.41, 5.74) is 8.23. The van der Waals surface area contributed by atoms with Crippen LogP contribution in [0.2, 0.25) is 0 Å². The lowest BCUT2D eigenvalue weighted by atomic mass is 10.1. The number of anilines is 1. The summed E-state index contributed by atoms with van der Waals surface area (Å²) in [6, 6.07) is 7.94. The van der Waals surface area contributed by atoms with Gasteiger partial charge in [-0.25, -0.2) is 0 Å². The molecule has 0 spiro atoms. The maximum Gasteiger partial charge on any atom is 0.0994 e. The monoisotopic (exact) mass is 203 g/mol. The third-order valence-corrected chi connectivity index (χ3v) is 2.31. The van der Waals surface area contributed by atoms with E-state index in [4.69, 9.17) is 11.0 Å². The third kappa shape index (κ3) is 3.61. The van der Waals surface area contributed by atoms with E-state index < -0.39 is 0 Å². The molecule has 1 rings (SSSR count). The van der Waals surface area contributed by atoms with Gasteiger partial charge in [0.15, 0.2) is 0 Å². The van der Waals surface area contributed by atoms with Crippen molar-refractivity contribution in [3.63, 3.8) is 0 Å². The Bertz CT molecular complexity index is 352. The average molecular weight is 203 g/mol. The van der Waals surface area contributed by atoms with E-state index in [0.717, 1.165) is 42.7 Å². The molecular formula is C12H17N3. The standard InChI is InChI=1S/C12H17N3/c1-10-8-12(5-4-11(10)9-14)15-7-3-2-6-13/h4-5,8,15H,2-3,6-7,13H2,1H3. The molecule has 0 unspecified atom stereocenters. The van der Waals surface area contributed by atoms with E-state index in [1.807, 2.05) is 25.1 Å². The van der Waals surface area contributed by atoms with Gasteiger partial charge in [0.1, 0.15) is 0 Å². The molecule has 0 radical (unpaired) electrons. The molecule has 0 amide bonds. The summed E-state index contributed by atoms with van der Waals surface area (Å²) < 4.78 is 0. The second-order valence-electron chi connectivity index (χ2n) is 3.56. The van der Waals surface area contributed by atoms with Crippen molar-refractivity contribution in [3.8, 4) is 6.07 Å². The number of nitrogens with two attached hydrogens (primary N) is 1. The Morgan fingerprint density at radius 2 is 2.20 bits per heavy atom. The zero-order chi connectivity index (χ0) is 11.1. The minimum atomic E-state index is 0.738. The van der Waals surface area contributed by atoms with E-state index in [2.05, 4.69) is 11.4 Å². The van der Waals surface area contributed by atoms with E-state index >= 15 is 0 Å². The molecule has 0 atom stereocenters. The number of nitriles is 1. The van der Waals surface area contributed by atoms with Gasteiger partial charge in [0.2, 0.25) is 0 Å². The Hall–Kier alpha value is -1.53. The van der Waals surface area contributed by atoms with Crippen LogP contribution in [-0.2, 0) is 0 Å². The zero-order valence-corrected chi connectivity index (χ0v) is 9.09. The highest BCUT2D eigenvalue weighted by Gasteiger charge is 1.98. The minimum Gasteiger partial charge on any atom is -0.385 e. The average Bonchev–Trinajstić information content (AvgIpc) is 2.25. The molecule has 0 heterocycles. The first-order valence-electron chi connectivity index (χ1n) is 5.22. The summed E-state index contributed by atoms with van der Waals surface area (Å²) in [6.45, 7) is 3.63. The SMILES string of the molecule is Cc1cc(NCCCCN)ccc1C#N. The number of hydrogen-bond acceptors (Lipinski definition) is 3. The van der Waals surface area contributed by atoms with Crippen molar-refractivity contribution < 1.29 is 0 Å². The van der Waals surface area contributed by atoms with Crippen LogP contribution in [0.15, 0.2) is 18.2 Å². The zero-order valence-electron chi connectivity index (χ0n) is 9.09. The Labute approximate surface area is 90.9 Å². The lowest BCUT2D eigenvalue weighted by molar-refractivity contribution is 0.774. The molecule has 0 aliphatic rings. The maximum atomic E-state index is 8.77. The van der Waals surface area contributed by atoms with Crippen LogP contribution in [0.5, 0.6) is 0 Å². The summed E-state index contributed by atoms with van der Waals surface area (Å²) in [6.07, 6.45) is 2.12. The van der Waals surface area contributed by atoms with E-state index in [1.165, 1.54) is 0 Å². The highest BCUT2D eigenvalue weighted by molar-refractivity contribution is 5.51. The number of aryl methyl sites for hydroxylation is 1. The molecule has 3 N–H and O–H groups in total. The van der Waals surface area contributed by atoms with Crippen LogP contribution in [0, 0.1) is 18.3 Å². The van der Waals surface area contributed by atoms with Crippen LogP contribution in [0.25, 0.3) is 0 Å². The summed E-state index contributed by atoms with van der Waals surface area (Å²) >= 11 is 0. The van der Waals surface area contributed by atoms with Crippen LogP contribution in [0.4, 0.5) is 5.69 Å². The lowest BCUT2D eigenvalue weighted by Gasteiger charge is -2.07. The Kier molecular flexibility index (Phi) is 4.65. The molecule has 15 heavy (non-hydrogen) atoms. The molecule has 0 bridgehead atoms. The maximum absolute atomic E-state index is 8.77. The number of benzene rings is 1. The summed E-state index contributed by atoms with van der Waals surface area (Å²) in [5, 5.41) is 12.1. The van der Waals surface area contributed by atoms with Gasteiger partial charge in [-0.1, -0.05) is 0 Å². The van der Waals surface area contributed by atoms with Gasteiger partial charge in [0.25, 0.3) is 0 Å². The van der Waals surface area contributed by atoms with Gasteiger partial charge in [-0.05, 0) is 50.1 Å². The van der Waals surface area contributed by atoms with Gasteiger partial charge < -0.3 is 11.1 Å². The number of nitrogens with one attached hydrogen (secondary N) is 1. The largest absolute Gasteiger partial charge is 0.385 e. The Morgan fingerprint density at radius 1 is 1.40 bits per heavy atom. The first-order valence-corrected chi connectivity index (χ1v) is 5.22. The highest BCUT2D eigenvalue weighted by Crippen LogP contribution is 2.14. The molecule has 0 aromatic heterocycles. The summed E-state index contributed by atoms with van der Waals surface area (Å²) in [5.74, 6) is 0. The molecule has 0 saturated carbocycles. The van der Waals surface area contributed by atoms with Crippen molar-refractivity contribution in [1.29, 1.82) is 5.26 Å². The van der Waals surface area contributed by atoms with Crippen LogP contribution in [-0.4, -0.2) is 13.1 Å². The van der Waals surface area contributed by atoms with E-state index in [-0.39, 0.29) is 0 Å². The van der Waals surface area contributed by atoms with Gasteiger partial charge in [0.05, 0.1) is 11.6 Å². The Morgan fingerprint density at radius 3 is 2.80 bits per heavy atom. The molecule has 0 aliphatic heterocycles. The number of hydrogen-bond donors (Lipinski definition) is 2. The van der Waals surface area contributed by atoms with Crippen LogP contribution < -0.4 is 11.1 Å². The van der Waals surface area contributed by atoms with Crippen molar-refractivity contribution in [2.75, 3.05) is 18.4 Å². The van der Waals surface area contributed by atoms with E-state index in [9.17, 15) is 0 Å². The van der Waals surface area contributed by atoms with Gasteiger partial charge >= 0.3 is 0 Å². The third-order valence-electron chi connectivity index (χ3n) is 2.31. The predicted octanol–water partition coefficient (Wildman–Crippen LogP) is 2.02. The number of nitrogens with zero attached hydrogens (tertiary/aromatic N) is 1. The van der Waals surface area contributed by atoms with E-state index in [0.29, 0.717) is 0 Å². The smallest absolute Gasteiger partial charge is 0.0994 e. The molecule has 80 valence electrons. The van der Waals surface area contributed by atoms with Gasteiger partial charge in [0, 0.05) is 12.2 Å². The fourth-order valence-electron chi connectivity index (χ4n) is 1.40. The van der Waals surface area contributed by atoms with Gasteiger partial charge in [-0.3, -0.25) is 0 Å². The van der Waals surface area contributed by atoms with Crippen molar-refractivity contribution in [2.45, 2.75) is 19.8 Å². The second kappa shape index (κ2) is 6.05. The topological polar surface area (TPSA) is 61.8 Å². The van der Waals surface area contributed by atoms with Crippen molar-refractivity contribution in [2.24, 2.45) is 5.73 Å². The predicted molar refractivity (Wildman–Crippen MR) is 62.7 cm³/mol. The van der Waals surface area contributed by atoms with Crippen molar-refractivity contribution in [1.82, 2.24) is 0 Å². The first kappa shape index (κ1) is 11.5. The normalized spacial score (nSPS) is 9.67.